The lowest BCUT2D eigenvalue weighted by molar-refractivity contribution is -0.133. The van der Waals surface area contributed by atoms with E-state index in [0.29, 0.717) is 18.2 Å². The van der Waals surface area contributed by atoms with Gasteiger partial charge in [-0.15, -0.1) is 0 Å². The first kappa shape index (κ1) is 15.4. The van der Waals surface area contributed by atoms with E-state index in [0.717, 1.165) is 50.1 Å². The number of carbonyl (C=O) groups excluding carboxylic acids is 1. The van der Waals surface area contributed by atoms with Gasteiger partial charge in [0.05, 0.1) is 17.1 Å². The van der Waals surface area contributed by atoms with Gasteiger partial charge in [-0.2, -0.15) is 0 Å². The molecule has 24 heavy (non-hydrogen) atoms. The number of rotatable bonds is 4. The zero-order valence-corrected chi connectivity index (χ0v) is 14.3. The second kappa shape index (κ2) is 6.42. The molecule has 1 aliphatic carbocycles. The molecule has 2 aliphatic rings. The third kappa shape index (κ3) is 2.64. The monoisotopic (exact) mass is 323 g/mol. The Balaban J connectivity index is 1.62. The Hall–Kier alpha value is -2.10. The highest BCUT2D eigenvalue weighted by atomic mass is 16.2. The van der Waals surface area contributed by atoms with Crippen LogP contribution < -0.4 is 0 Å². The van der Waals surface area contributed by atoms with Crippen LogP contribution in [0.3, 0.4) is 0 Å². The van der Waals surface area contributed by atoms with E-state index < -0.39 is 0 Å². The summed E-state index contributed by atoms with van der Waals surface area (Å²) in [6.07, 6.45) is 9.41. The highest BCUT2D eigenvalue weighted by Crippen LogP contribution is 2.35. The Labute approximate surface area is 143 Å². The average molecular weight is 323 g/mol. The van der Waals surface area contributed by atoms with Crippen LogP contribution in [0.4, 0.5) is 0 Å². The first-order chi connectivity index (χ1) is 11.8. The molecule has 2 heterocycles. The number of amides is 1. The Morgan fingerprint density at radius 3 is 2.96 bits per heavy atom. The molecule has 2 atom stereocenters. The van der Waals surface area contributed by atoms with Crippen LogP contribution in [-0.4, -0.2) is 26.9 Å². The fourth-order valence-corrected chi connectivity index (χ4v) is 4.22. The summed E-state index contributed by atoms with van der Waals surface area (Å²) in [7, 11) is 0. The average Bonchev–Trinajstić information content (AvgIpc) is 3.33. The standard InChI is InChI=1S/C20H25N3O/c1-2-22-17-11-6-5-10-16(17)21-20(22)18-12-7-13-23(18)19(24)14-15-8-3-4-9-15/h3,5-6,8,10-11,15,18H,2,4,7,9,12-14H2,1H3. The molecule has 2 aromatic rings. The molecule has 0 saturated carbocycles. The van der Waals surface area contributed by atoms with Gasteiger partial charge in [0.2, 0.25) is 5.91 Å². The normalized spacial score (nSPS) is 23.5. The van der Waals surface area contributed by atoms with Crippen molar-refractivity contribution >= 4 is 16.9 Å². The number of likely N-dealkylation sites (tertiary alicyclic amines) is 1. The molecule has 4 nitrogen and oxygen atoms in total. The molecule has 1 fully saturated rings. The summed E-state index contributed by atoms with van der Waals surface area (Å²) >= 11 is 0. The molecule has 1 aromatic heterocycles. The van der Waals surface area contributed by atoms with Gasteiger partial charge in [-0.05, 0) is 50.7 Å². The lowest BCUT2D eigenvalue weighted by Gasteiger charge is -2.26. The zero-order valence-electron chi connectivity index (χ0n) is 14.3. The van der Waals surface area contributed by atoms with Crippen molar-refractivity contribution in [2.45, 2.75) is 51.6 Å². The van der Waals surface area contributed by atoms with Gasteiger partial charge in [-0.25, -0.2) is 4.98 Å². The predicted molar refractivity (Wildman–Crippen MR) is 95.6 cm³/mol. The van der Waals surface area contributed by atoms with Gasteiger partial charge < -0.3 is 9.47 Å². The minimum Gasteiger partial charge on any atom is -0.332 e. The second-order valence-corrected chi connectivity index (χ2v) is 6.92. The van der Waals surface area contributed by atoms with Crippen LogP contribution in [0.2, 0.25) is 0 Å². The van der Waals surface area contributed by atoms with Gasteiger partial charge in [0.25, 0.3) is 0 Å². The maximum Gasteiger partial charge on any atom is 0.223 e. The molecule has 2 unspecified atom stereocenters. The summed E-state index contributed by atoms with van der Waals surface area (Å²) in [6.45, 7) is 3.91. The molecule has 0 bridgehead atoms. The summed E-state index contributed by atoms with van der Waals surface area (Å²) in [5, 5.41) is 0. The smallest absolute Gasteiger partial charge is 0.223 e. The van der Waals surface area contributed by atoms with E-state index in [9.17, 15) is 4.79 Å². The van der Waals surface area contributed by atoms with Gasteiger partial charge in [-0.1, -0.05) is 24.3 Å². The number of imidazole rings is 1. The van der Waals surface area contributed by atoms with Crippen molar-refractivity contribution in [3.63, 3.8) is 0 Å². The number of fused-ring (bicyclic) bond motifs is 1. The molecule has 0 N–H and O–H groups in total. The largest absolute Gasteiger partial charge is 0.332 e. The third-order valence-corrected chi connectivity index (χ3v) is 5.42. The van der Waals surface area contributed by atoms with Gasteiger partial charge in [0, 0.05) is 19.5 Å². The number of aromatic nitrogens is 2. The summed E-state index contributed by atoms with van der Waals surface area (Å²) in [6, 6.07) is 8.41. The van der Waals surface area contributed by atoms with Crippen LogP contribution in [-0.2, 0) is 11.3 Å². The molecule has 0 spiro atoms. The van der Waals surface area contributed by atoms with Gasteiger partial charge >= 0.3 is 0 Å². The van der Waals surface area contributed by atoms with Crippen molar-refractivity contribution in [1.29, 1.82) is 0 Å². The highest BCUT2D eigenvalue weighted by Gasteiger charge is 2.34. The second-order valence-electron chi connectivity index (χ2n) is 6.92. The van der Waals surface area contributed by atoms with Crippen molar-refractivity contribution < 1.29 is 4.79 Å². The molecule has 1 saturated heterocycles. The molecule has 4 rings (SSSR count). The third-order valence-electron chi connectivity index (χ3n) is 5.42. The van der Waals surface area contributed by atoms with Crippen LogP contribution in [0.1, 0.15) is 50.9 Å². The van der Waals surface area contributed by atoms with Gasteiger partial charge in [0.1, 0.15) is 5.82 Å². The van der Waals surface area contributed by atoms with Crippen LogP contribution in [0.15, 0.2) is 36.4 Å². The lowest BCUT2D eigenvalue weighted by atomic mass is 10.0. The zero-order chi connectivity index (χ0) is 16.5. The molecule has 1 aliphatic heterocycles. The van der Waals surface area contributed by atoms with E-state index in [4.69, 9.17) is 4.98 Å². The van der Waals surface area contributed by atoms with Crippen molar-refractivity contribution in [3.05, 3.63) is 42.2 Å². The molecule has 1 amide bonds. The van der Waals surface area contributed by atoms with Crippen molar-refractivity contribution in [2.75, 3.05) is 6.54 Å². The van der Waals surface area contributed by atoms with Crippen molar-refractivity contribution in [1.82, 2.24) is 14.5 Å². The molecule has 0 radical (unpaired) electrons. The Kier molecular flexibility index (Phi) is 4.13. The number of carbonyl (C=O) groups is 1. The Morgan fingerprint density at radius 1 is 1.29 bits per heavy atom. The van der Waals surface area contributed by atoms with Gasteiger partial charge in [-0.3, -0.25) is 4.79 Å². The van der Waals surface area contributed by atoms with Crippen molar-refractivity contribution in [2.24, 2.45) is 5.92 Å². The summed E-state index contributed by atoms with van der Waals surface area (Å²) in [4.78, 5) is 19.8. The maximum atomic E-state index is 12.9. The van der Waals surface area contributed by atoms with Gasteiger partial charge in [0.15, 0.2) is 0 Å². The number of para-hydroxylation sites is 2. The van der Waals surface area contributed by atoms with Crippen LogP contribution >= 0.6 is 0 Å². The predicted octanol–water partition coefficient (Wildman–Crippen LogP) is 4.08. The molecular formula is C20H25N3O. The first-order valence-corrected chi connectivity index (χ1v) is 9.19. The van der Waals surface area contributed by atoms with Crippen LogP contribution in [0.25, 0.3) is 11.0 Å². The SMILES string of the molecule is CCn1c(C2CCCN2C(=O)CC2C=CCC2)nc2ccccc21. The number of hydrogen-bond acceptors (Lipinski definition) is 2. The molecule has 1 aromatic carbocycles. The van der Waals surface area contributed by atoms with E-state index in [2.05, 4.69) is 46.7 Å². The Morgan fingerprint density at radius 2 is 2.17 bits per heavy atom. The number of allylic oxidation sites excluding steroid dienone is 2. The van der Waals surface area contributed by atoms with E-state index >= 15 is 0 Å². The van der Waals surface area contributed by atoms with Crippen LogP contribution in [0.5, 0.6) is 0 Å². The molecule has 126 valence electrons. The topological polar surface area (TPSA) is 38.1 Å². The summed E-state index contributed by atoms with van der Waals surface area (Å²) in [5.41, 5.74) is 2.21. The molecular weight excluding hydrogens is 298 g/mol. The van der Waals surface area contributed by atoms with E-state index in [1.807, 2.05) is 6.07 Å². The number of benzene rings is 1. The van der Waals surface area contributed by atoms with E-state index in [1.165, 1.54) is 5.52 Å². The fraction of sp³-hybridized carbons (Fsp3) is 0.500. The lowest BCUT2D eigenvalue weighted by Crippen LogP contribution is -2.32. The first-order valence-electron chi connectivity index (χ1n) is 9.19. The fourth-order valence-electron chi connectivity index (χ4n) is 4.22. The van der Waals surface area contributed by atoms with Crippen molar-refractivity contribution in [3.8, 4) is 0 Å². The minimum absolute atomic E-state index is 0.134. The number of aryl methyl sites for hydroxylation is 1. The summed E-state index contributed by atoms with van der Waals surface area (Å²) < 4.78 is 2.28. The molecule has 4 heteroatoms. The highest BCUT2D eigenvalue weighted by molar-refractivity contribution is 5.79. The summed E-state index contributed by atoms with van der Waals surface area (Å²) in [5.74, 6) is 1.79. The van der Waals surface area contributed by atoms with E-state index in [-0.39, 0.29) is 6.04 Å². The minimum atomic E-state index is 0.134. The number of hydrogen-bond donors (Lipinski definition) is 0. The Bertz CT molecular complexity index is 776. The maximum absolute atomic E-state index is 12.9. The number of nitrogens with zero attached hydrogens (tertiary/aromatic N) is 3. The van der Waals surface area contributed by atoms with E-state index in [1.54, 1.807) is 0 Å². The quantitative estimate of drug-likeness (QED) is 0.795. The van der Waals surface area contributed by atoms with Crippen LogP contribution in [0, 0.1) is 5.92 Å².